The Morgan fingerprint density at radius 1 is 0.545 bits per heavy atom. The van der Waals surface area contributed by atoms with E-state index in [1.807, 2.05) is 0 Å². The molecule has 0 saturated heterocycles. The minimum atomic E-state index is -2.57. The van der Waals surface area contributed by atoms with Crippen LogP contribution in [0.15, 0.2) is 120 Å². The monoisotopic (exact) mass is 438 g/mol. The second kappa shape index (κ2) is 6.81. The SMILES string of the molecule is Cc1ccc([Si]2(c3ccccc3)c3ccccc3-c3ccc4c(oc5ccccc54)c32)cc1. The van der Waals surface area contributed by atoms with Crippen molar-refractivity contribution >= 4 is 50.8 Å². The highest BCUT2D eigenvalue weighted by atomic mass is 28.3. The zero-order valence-corrected chi connectivity index (χ0v) is 19.4. The van der Waals surface area contributed by atoms with Crippen LogP contribution in [0.1, 0.15) is 5.56 Å². The highest BCUT2D eigenvalue weighted by Gasteiger charge is 2.50. The fourth-order valence-corrected chi connectivity index (χ4v) is 11.1. The third-order valence-electron chi connectivity index (χ3n) is 7.23. The molecule has 0 spiro atoms. The molecule has 0 fully saturated rings. The Hall–Kier alpha value is -3.88. The maximum Gasteiger partial charge on any atom is 0.185 e. The number of aryl methyl sites for hydroxylation is 1. The molecule has 1 aliphatic rings. The van der Waals surface area contributed by atoms with E-state index >= 15 is 0 Å². The van der Waals surface area contributed by atoms with Gasteiger partial charge in [-0.2, -0.15) is 0 Å². The predicted molar refractivity (Wildman–Crippen MR) is 141 cm³/mol. The summed E-state index contributed by atoms with van der Waals surface area (Å²) in [7, 11) is -2.57. The molecule has 33 heavy (non-hydrogen) atoms. The van der Waals surface area contributed by atoms with Crippen molar-refractivity contribution in [1.82, 2.24) is 0 Å². The van der Waals surface area contributed by atoms with Gasteiger partial charge in [-0.25, -0.2) is 0 Å². The molecule has 5 aromatic carbocycles. The smallest absolute Gasteiger partial charge is 0.185 e. The molecule has 156 valence electrons. The molecule has 1 unspecified atom stereocenters. The predicted octanol–water partition coefficient (Wildman–Crippen LogP) is 5.25. The molecule has 2 heterocycles. The Morgan fingerprint density at radius 3 is 2.09 bits per heavy atom. The minimum Gasteiger partial charge on any atom is -0.456 e. The Balaban J connectivity index is 1.73. The van der Waals surface area contributed by atoms with Crippen molar-refractivity contribution in [3.05, 3.63) is 121 Å². The van der Waals surface area contributed by atoms with Gasteiger partial charge in [-0.3, -0.25) is 0 Å². The van der Waals surface area contributed by atoms with Gasteiger partial charge in [-0.05, 0) is 45.7 Å². The number of para-hydroxylation sites is 1. The number of rotatable bonds is 2. The van der Waals surface area contributed by atoms with E-state index < -0.39 is 8.07 Å². The molecule has 6 aromatic rings. The molecular weight excluding hydrogens is 416 g/mol. The third-order valence-corrected chi connectivity index (χ3v) is 12.1. The topological polar surface area (TPSA) is 13.1 Å². The average Bonchev–Trinajstić information content (AvgIpc) is 3.39. The van der Waals surface area contributed by atoms with Crippen LogP contribution in [-0.4, -0.2) is 8.07 Å². The van der Waals surface area contributed by atoms with E-state index in [1.165, 1.54) is 48.2 Å². The normalized spacial score (nSPS) is 16.8. The van der Waals surface area contributed by atoms with Crippen LogP contribution in [0.2, 0.25) is 0 Å². The van der Waals surface area contributed by atoms with Gasteiger partial charge in [-0.15, -0.1) is 0 Å². The van der Waals surface area contributed by atoms with Crippen LogP contribution in [0.25, 0.3) is 33.1 Å². The lowest BCUT2D eigenvalue weighted by atomic mass is 10.0. The highest BCUT2D eigenvalue weighted by molar-refractivity contribution is 7.23. The molecule has 0 aliphatic carbocycles. The van der Waals surface area contributed by atoms with Gasteiger partial charge < -0.3 is 4.42 Å². The summed E-state index contributed by atoms with van der Waals surface area (Å²) in [6.07, 6.45) is 0. The highest BCUT2D eigenvalue weighted by Crippen LogP contribution is 2.36. The van der Waals surface area contributed by atoms with E-state index in [2.05, 4.69) is 122 Å². The first-order chi connectivity index (χ1) is 16.3. The van der Waals surface area contributed by atoms with Crippen molar-refractivity contribution in [2.24, 2.45) is 0 Å². The molecule has 2 heteroatoms. The standard InChI is InChI=1S/C31H22OSi/c1-21-15-17-23(18-16-21)33(22-9-3-2-4-10-22)29-14-8-6-12-25(29)27-20-19-26-24-11-5-7-13-28(24)32-30(26)31(27)33/h2-20H,1H3. The molecular formula is C31H22OSi. The van der Waals surface area contributed by atoms with Crippen LogP contribution in [0.4, 0.5) is 0 Å². The van der Waals surface area contributed by atoms with Gasteiger partial charge in [0, 0.05) is 16.0 Å². The first kappa shape index (κ1) is 18.7. The molecule has 7 rings (SSSR count). The third kappa shape index (κ3) is 2.41. The van der Waals surface area contributed by atoms with Crippen molar-refractivity contribution in [3.63, 3.8) is 0 Å². The van der Waals surface area contributed by atoms with E-state index in [4.69, 9.17) is 4.42 Å². The summed E-state index contributed by atoms with van der Waals surface area (Å²) in [5.41, 5.74) is 5.93. The molecule has 0 bridgehead atoms. The summed E-state index contributed by atoms with van der Waals surface area (Å²) in [5, 5.41) is 8.02. The number of fused-ring (bicyclic) bond motifs is 7. The van der Waals surface area contributed by atoms with Gasteiger partial charge in [0.1, 0.15) is 11.2 Å². The van der Waals surface area contributed by atoms with Gasteiger partial charge in [0.2, 0.25) is 0 Å². The van der Waals surface area contributed by atoms with Gasteiger partial charge in [0.05, 0.1) is 0 Å². The maximum absolute atomic E-state index is 6.68. The van der Waals surface area contributed by atoms with Crippen LogP contribution in [-0.2, 0) is 0 Å². The molecule has 0 N–H and O–H groups in total. The van der Waals surface area contributed by atoms with Crippen LogP contribution < -0.4 is 20.7 Å². The first-order valence-electron chi connectivity index (χ1n) is 11.5. The minimum absolute atomic E-state index is 0.955. The van der Waals surface area contributed by atoms with Gasteiger partial charge in [-0.1, -0.05) is 109 Å². The lowest BCUT2D eigenvalue weighted by Crippen LogP contribution is -2.72. The second-order valence-corrected chi connectivity index (χ2v) is 12.7. The van der Waals surface area contributed by atoms with Crippen molar-refractivity contribution in [3.8, 4) is 11.1 Å². The van der Waals surface area contributed by atoms with Gasteiger partial charge in [0.25, 0.3) is 0 Å². The van der Waals surface area contributed by atoms with Crippen LogP contribution in [0, 0.1) is 6.92 Å². The molecule has 0 amide bonds. The van der Waals surface area contributed by atoms with Crippen LogP contribution in [0.3, 0.4) is 0 Å². The lowest BCUT2D eigenvalue weighted by Gasteiger charge is -2.31. The molecule has 0 saturated carbocycles. The fourth-order valence-electron chi connectivity index (χ4n) is 5.82. The van der Waals surface area contributed by atoms with E-state index in [-0.39, 0.29) is 0 Å². The van der Waals surface area contributed by atoms with Crippen molar-refractivity contribution in [2.45, 2.75) is 6.92 Å². The Bertz CT molecular complexity index is 1660. The quantitative estimate of drug-likeness (QED) is 0.336. The lowest BCUT2D eigenvalue weighted by molar-refractivity contribution is 0.671. The molecule has 1 aliphatic heterocycles. The molecule has 1 nitrogen and oxygen atoms in total. The number of benzene rings is 5. The van der Waals surface area contributed by atoms with Gasteiger partial charge >= 0.3 is 0 Å². The van der Waals surface area contributed by atoms with Crippen LogP contribution >= 0.6 is 0 Å². The number of furan rings is 1. The zero-order chi connectivity index (χ0) is 22.0. The van der Waals surface area contributed by atoms with E-state index in [0.717, 1.165) is 11.2 Å². The van der Waals surface area contributed by atoms with Crippen molar-refractivity contribution in [2.75, 3.05) is 0 Å². The fraction of sp³-hybridized carbons (Fsp3) is 0.0323. The van der Waals surface area contributed by atoms with E-state index in [1.54, 1.807) is 0 Å². The summed E-state index contributed by atoms with van der Waals surface area (Å²) >= 11 is 0. The van der Waals surface area contributed by atoms with E-state index in [0.29, 0.717) is 0 Å². The first-order valence-corrected chi connectivity index (χ1v) is 13.5. The summed E-state index contributed by atoms with van der Waals surface area (Å²) in [4.78, 5) is 0. The number of hydrogen-bond donors (Lipinski definition) is 0. The Kier molecular flexibility index (Phi) is 3.85. The van der Waals surface area contributed by atoms with Crippen molar-refractivity contribution in [1.29, 1.82) is 0 Å². The maximum atomic E-state index is 6.68. The van der Waals surface area contributed by atoms with Crippen LogP contribution in [0.5, 0.6) is 0 Å². The average molecular weight is 439 g/mol. The van der Waals surface area contributed by atoms with E-state index in [9.17, 15) is 0 Å². The van der Waals surface area contributed by atoms with Gasteiger partial charge in [0.15, 0.2) is 8.07 Å². The largest absolute Gasteiger partial charge is 0.456 e. The Morgan fingerprint density at radius 2 is 1.24 bits per heavy atom. The molecule has 1 aromatic heterocycles. The molecule has 0 radical (unpaired) electrons. The zero-order valence-electron chi connectivity index (χ0n) is 18.4. The summed E-state index contributed by atoms with van der Waals surface area (Å²) < 4.78 is 6.68. The number of hydrogen-bond acceptors (Lipinski definition) is 1. The summed E-state index contributed by atoms with van der Waals surface area (Å²) in [6.45, 7) is 2.16. The summed E-state index contributed by atoms with van der Waals surface area (Å²) in [5.74, 6) is 0. The van der Waals surface area contributed by atoms with Crippen molar-refractivity contribution < 1.29 is 4.42 Å². The summed E-state index contributed by atoms with van der Waals surface area (Å²) in [6, 6.07) is 42.3. The second-order valence-electron chi connectivity index (χ2n) is 8.99. The molecule has 1 atom stereocenters. The Labute approximate surface area is 194 Å².